The molecule has 0 unspecified atom stereocenters. The number of benzene rings is 1. The Morgan fingerprint density at radius 1 is 1.16 bits per heavy atom. The molecule has 3 rings (SSSR count). The summed E-state index contributed by atoms with van der Waals surface area (Å²) in [6.45, 7) is 2.15. The largest absolute Gasteiger partial charge is 0.238 e. The van der Waals surface area contributed by atoms with Gasteiger partial charge in [0.15, 0.2) is 0 Å². The number of aromatic nitrogens is 2. The second kappa shape index (κ2) is 5.30. The molecule has 3 heteroatoms. The predicted octanol–water partition coefficient (Wildman–Crippen LogP) is 3.96. The Labute approximate surface area is 118 Å². The lowest BCUT2D eigenvalue weighted by Crippen LogP contribution is -2.07. The van der Waals surface area contributed by atoms with Gasteiger partial charge in [0.2, 0.25) is 0 Å². The van der Waals surface area contributed by atoms with Crippen LogP contribution in [-0.2, 0) is 19.3 Å². The van der Waals surface area contributed by atoms with Crippen molar-refractivity contribution in [1.82, 2.24) is 9.97 Å². The number of halogens is 1. The molecule has 0 amide bonds. The minimum atomic E-state index is 0.381. The van der Waals surface area contributed by atoms with Gasteiger partial charge < -0.3 is 0 Å². The highest BCUT2D eigenvalue weighted by Gasteiger charge is 2.25. The van der Waals surface area contributed by atoms with Crippen molar-refractivity contribution >= 4 is 11.6 Å². The second-order valence-electron chi connectivity index (χ2n) is 5.16. The zero-order valence-electron chi connectivity index (χ0n) is 11.1. The Morgan fingerprint density at radius 2 is 1.84 bits per heavy atom. The molecule has 0 saturated heterocycles. The van der Waals surface area contributed by atoms with E-state index in [0.29, 0.717) is 11.1 Å². The molecule has 0 aliphatic heterocycles. The monoisotopic (exact) mass is 272 g/mol. The molecular formula is C16H17ClN2. The standard InChI is InChI=1S/C16H17ClN2/c1-2-5-14-10-15(17)19-16(18-14)13-8-11-6-3-4-7-12(11)9-13/h3-4,6-7,10,13H,2,5,8-9H2,1H3. The van der Waals surface area contributed by atoms with Gasteiger partial charge in [0.05, 0.1) is 0 Å². The Hall–Kier alpha value is -1.41. The van der Waals surface area contributed by atoms with E-state index in [-0.39, 0.29) is 0 Å². The van der Waals surface area contributed by atoms with Gasteiger partial charge in [0.25, 0.3) is 0 Å². The van der Waals surface area contributed by atoms with Crippen molar-refractivity contribution in [1.29, 1.82) is 0 Å². The van der Waals surface area contributed by atoms with Gasteiger partial charge in [-0.15, -0.1) is 0 Å². The van der Waals surface area contributed by atoms with Crippen molar-refractivity contribution < 1.29 is 0 Å². The molecule has 2 nitrogen and oxygen atoms in total. The summed E-state index contributed by atoms with van der Waals surface area (Å²) in [7, 11) is 0. The van der Waals surface area contributed by atoms with Gasteiger partial charge in [-0.05, 0) is 36.5 Å². The zero-order chi connectivity index (χ0) is 13.2. The molecule has 2 aromatic rings. The van der Waals surface area contributed by atoms with E-state index in [1.165, 1.54) is 11.1 Å². The van der Waals surface area contributed by atoms with Crippen LogP contribution in [0, 0.1) is 0 Å². The van der Waals surface area contributed by atoms with Crippen LogP contribution in [0.25, 0.3) is 0 Å². The third-order valence-corrected chi connectivity index (χ3v) is 3.88. The number of aryl methyl sites for hydroxylation is 1. The van der Waals surface area contributed by atoms with Gasteiger partial charge >= 0.3 is 0 Å². The Morgan fingerprint density at radius 3 is 2.47 bits per heavy atom. The predicted molar refractivity (Wildman–Crippen MR) is 77.6 cm³/mol. The van der Waals surface area contributed by atoms with Gasteiger partial charge in [0, 0.05) is 11.6 Å². The van der Waals surface area contributed by atoms with E-state index in [1.54, 1.807) is 0 Å². The molecule has 0 fully saturated rings. The van der Waals surface area contributed by atoms with Crippen LogP contribution in [0.3, 0.4) is 0 Å². The summed E-state index contributed by atoms with van der Waals surface area (Å²) >= 11 is 6.12. The molecule has 0 N–H and O–H groups in total. The fourth-order valence-electron chi connectivity index (χ4n) is 2.79. The van der Waals surface area contributed by atoms with E-state index in [2.05, 4.69) is 36.2 Å². The van der Waals surface area contributed by atoms with Crippen molar-refractivity contribution in [2.75, 3.05) is 0 Å². The van der Waals surface area contributed by atoms with Crippen LogP contribution in [0.4, 0.5) is 0 Å². The van der Waals surface area contributed by atoms with E-state index in [0.717, 1.165) is 37.2 Å². The second-order valence-corrected chi connectivity index (χ2v) is 5.55. The van der Waals surface area contributed by atoms with Gasteiger partial charge in [-0.1, -0.05) is 49.2 Å². The SMILES string of the molecule is CCCc1cc(Cl)nc(C2Cc3ccccc3C2)n1. The summed E-state index contributed by atoms with van der Waals surface area (Å²) in [6.07, 6.45) is 4.11. The maximum atomic E-state index is 6.12. The number of hydrogen-bond acceptors (Lipinski definition) is 2. The van der Waals surface area contributed by atoms with Gasteiger partial charge in [-0.3, -0.25) is 0 Å². The topological polar surface area (TPSA) is 25.8 Å². The average molecular weight is 273 g/mol. The van der Waals surface area contributed by atoms with E-state index >= 15 is 0 Å². The third-order valence-electron chi connectivity index (χ3n) is 3.69. The number of hydrogen-bond donors (Lipinski definition) is 0. The Kier molecular flexibility index (Phi) is 3.52. The van der Waals surface area contributed by atoms with Gasteiger partial charge in [-0.25, -0.2) is 9.97 Å². The molecular weight excluding hydrogens is 256 g/mol. The van der Waals surface area contributed by atoms with Crippen LogP contribution in [-0.4, -0.2) is 9.97 Å². The molecule has 1 aromatic heterocycles. The van der Waals surface area contributed by atoms with Crippen molar-refractivity contribution in [3.05, 3.63) is 58.1 Å². The van der Waals surface area contributed by atoms with Gasteiger partial charge in [0.1, 0.15) is 11.0 Å². The number of rotatable bonds is 3. The lowest BCUT2D eigenvalue weighted by molar-refractivity contribution is 0.671. The lowest BCUT2D eigenvalue weighted by atomic mass is 10.1. The van der Waals surface area contributed by atoms with Crippen molar-refractivity contribution in [2.24, 2.45) is 0 Å². The minimum absolute atomic E-state index is 0.381. The summed E-state index contributed by atoms with van der Waals surface area (Å²) in [4.78, 5) is 9.13. The van der Waals surface area contributed by atoms with Crippen LogP contribution in [0.2, 0.25) is 5.15 Å². The summed E-state index contributed by atoms with van der Waals surface area (Å²) < 4.78 is 0. The average Bonchev–Trinajstić information content (AvgIpc) is 2.82. The molecule has 0 saturated carbocycles. The van der Waals surface area contributed by atoms with Crippen LogP contribution < -0.4 is 0 Å². The van der Waals surface area contributed by atoms with E-state index in [1.807, 2.05) is 6.07 Å². The normalized spacial score (nSPS) is 14.6. The van der Waals surface area contributed by atoms with Gasteiger partial charge in [-0.2, -0.15) is 0 Å². The first kappa shape index (κ1) is 12.6. The highest BCUT2D eigenvalue weighted by Crippen LogP contribution is 2.32. The van der Waals surface area contributed by atoms with Crippen molar-refractivity contribution in [2.45, 2.75) is 38.5 Å². The minimum Gasteiger partial charge on any atom is -0.238 e. The summed E-state index contributed by atoms with van der Waals surface area (Å²) in [5.41, 5.74) is 3.91. The maximum Gasteiger partial charge on any atom is 0.134 e. The molecule has 0 radical (unpaired) electrons. The highest BCUT2D eigenvalue weighted by molar-refractivity contribution is 6.29. The Balaban J connectivity index is 1.88. The molecule has 19 heavy (non-hydrogen) atoms. The smallest absolute Gasteiger partial charge is 0.134 e. The van der Waals surface area contributed by atoms with E-state index < -0.39 is 0 Å². The molecule has 0 spiro atoms. The zero-order valence-corrected chi connectivity index (χ0v) is 11.8. The summed E-state index contributed by atoms with van der Waals surface area (Å²) in [5.74, 6) is 1.29. The fraction of sp³-hybridized carbons (Fsp3) is 0.375. The van der Waals surface area contributed by atoms with E-state index in [9.17, 15) is 0 Å². The van der Waals surface area contributed by atoms with Crippen molar-refractivity contribution in [3.8, 4) is 0 Å². The first-order valence-electron chi connectivity index (χ1n) is 6.86. The number of nitrogens with zero attached hydrogens (tertiary/aromatic N) is 2. The maximum absolute atomic E-state index is 6.12. The molecule has 98 valence electrons. The van der Waals surface area contributed by atoms with Crippen molar-refractivity contribution in [3.63, 3.8) is 0 Å². The molecule has 1 aromatic carbocycles. The number of fused-ring (bicyclic) bond motifs is 1. The summed E-state index contributed by atoms with van der Waals surface area (Å²) in [5, 5.41) is 0.574. The molecule has 1 heterocycles. The third kappa shape index (κ3) is 2.64. The van der Waals surface area contributed by atoms with Crippen LogP contribution in [0.5, 0.6) is 0 Å². The van der Waals surface area contributed by atoms with E-state index in [4.69, 9.17) is 16.6 Å². The van der Waals surface area contributed by atoms with Crippen LogP contribution in [0.1, 0.15) is 41.9 Å². The first-order valence-corrected chi connectivity index (χ1v) is 7.24. The molecule has 0 bridgehead atoms. The lowest BCUT2D eigenvalue weighted by Gasteiger charge is -2.09. The quantitative estimate of drug-likeness (QED) is 0.790. The Bertz CT molecular complexity index is 570. The molecule has 1 aliphatic carbocycles. The van der Waals surface area contributed by atoms with Crippen LogP contribution in [0.15, 0.2) is 30.3 Å². The van der Waals surface area contributed by atoms with Crippen LogP contribution >= 0.6 is 11.6 Å². The summed E-state index contributed by atoms with van der Waals surface area (Å²) in [6, 6.07) is 10.5. The molecule has 1 aliphatic rings. The highest BCUT2D eigenvalue weighted by atomic mass is 35.5. The molecule has 0 atom stereocenters. The fourth-order valence-corrected chi connectivity index (χ4v) is 3.00. The first-order chi connectivity index (χ1) is 9.26.